The van der Waals surface area contributed by atoms with Crippen LogP contribution in [-0.4, -0.2) is 36.5 Å². The first-order valence-corrected chi connectivity index (χ1v) is 6.76. The minimum absolute atomic E-state index is 0.0872. The van der Waals surface area contributed by atoms with Gasteiger partial charge in [-0.2, -0.15) is 0 Å². The topological polar surface area (TPSA) is 41.5 Å². The molecule has 2 N–H and O–H groups in total. The second-order valence-electron chi connectivity index (χ2n) is 5.35. The number of aliphatic hydroxyl groups is 1. The van der Waals surface area contributed by atoms with E-state index in [4.69, 9.17) is 4.74 Å². The van der Waals surface area contributed by atoms with Crippen molar-refractivity contribution in [1.82, 2.24) is 5.32 Å². The van der Waals surface area contributed by atoms with E-state index in [0.717, 1.165) is 19.3 Å². The van der Waals surface area contributed by atoms with Gasteiger partial charge in [-0.1, -0.05) is 12.8 Å². The maximum Gasteiger partial charge on any atom is 0.0724 e. The molecule has 0 aromatic rings. The zero-order valence-corrected chi connectivity index (χ0v) is 10.3. The highest BCUT2D eigenvalue weighted by atomic mass is 16.5. The van der Waals surface area contributed by atoms with E-state index in [2.05, 4.69) is 5.32 Å². The molecule has 94 valence electrons. The van der Waals surface area contributed by atoms with Crippen molar-refractivity contribution in [2.45, 2.75) is 75.7 Å². The first-order valence-electron chi connectivity index (χ1n) is 6.76. The average Bonchev–Trinajstić information content (AvgIpc) is 2.30. The molecular formula is C13H25NO2. The molecular weight excluding hydrogens is 202 g/mol. The summed E-state index contributed by atoms with van der Waals surface area (Å²) < 4.78 is 5.55. The van der Waals surface area contributed by atoms with E-state index in [9.17, 15) is 5.11 Å². The highest BCUT2D eigenvalue weighted by Crippen LogP contribution is 2.24. The van der Waals surface area contributed by atoms with Crippen LogP contribution in [0.3, 0.4) is 0 Å². The normalized spacial score (nSPS) is 40.9. The highest BCUT2D eigenvalue weighted by molar-refractivity contribution is 4.87. The number of methoxy groups -OCH3 is 1. The van der Waals surface area contributed by atoms with Crippen molar-refractivity contribution in [2.24, 2.45) is 0 Å². The summed E-state index contributed by atoms with van der Waals surface area (Å²) in [5.74, 6) is 0. The van der Waals surface area contributed by atoms with Crippen molar-refractivity contribution in [3.8, 4) is 0 Å². The number of ether oxygens (including phenoxy) is 1. The van der Waals surface area contributed by atoms with Crippen molar-refractivity contribution in [1.29, 1.82) is 0 Å². The van der Waals surface area contributed by atoms with Crippen LogP contribution in [0.4, 0.5) is 0 Å². The first-order chi connectivity index (χ1) is 7.79. The quantitative estimate of drug-likeness (QED) is 0.773. The van der Waals surface area contributed by atoms with Gasteiger partial charge >= 0.3 is 0 Å². The summed E-state index contributed by atoms with van der Waals surface area (Å²) in [5.41, 5.74) is 0. The van der Waals surface area contributed by atoms with Crippen LogP contribution in [0, 0.1) is 0 Å². The first kappa shape index (κ1) is 12.3. The fraction of sp³-hybridized carbons (Fsp3) is 1.00. The minimum Gasteiger partial charge on any atom is -0.393 e. The summed E-state index contributed by atoms with van der Waals surface area (Å²) in [4.78, 5) is 0. The van der Waals surface area contributed by atoms with Gasteiger partial charge in [0.25, 0.3) is 0 Å². The fourth-order valence-corrected chi connectivity index (χ4v) is 3.19. The Bertz CT molecular complexity index is 210. The summed E-state index contributed by atoms with van der Waals surface area (Å²) in [6.45, 7) is 0. The van der Waals surface area contributed by atoms with E-state index in [0.29, 0.717) is 18.2 Å². The van der Waals surface area contributed by atoms with E-state index in [1.54, 1.807) is 0 Å². The van der Waals surface area contributed by atoms with Crippen LogP contribution in [0.2, 0.25) is 0 Å². The molecule has 16 heavy (non-hydrogen) atoms. The number of nitrogens with one attached hydrogen (secondary N) is 1. The standard InChI is InChI=1S/C13H25NO2/c1-16-13-8-3-2-7-12(13)14-10-5-4-6-11(15)9-10/h10-15H,2-9H2,1H3. The molecule has 2 aliphatic carbocycles. The van der Waals surface area contributed by atoms with Crippen molar-refractivity contribution in [2.75, 3.05) is 7.11 Å². The Kier molecular flexibility index (Phi) is 4.62. The molecule has 0 aliphatic heterocycles. The Morgan fingerprint density at radius 2 is 1.88 bits per heavy atom. The summed E-state index contributed by atoms with van der Waals surface area (Å²) >= 11 is 0. The summed E-state index contributed by atoms with van der Waals surface area (Å²) in [6, 6.07) is 1.01. The monoisotopic (exact) mass is 227 g/mol. The Labute approximate surface area is 98.6 Å². The molecule has 2 rings (SSSR count). The maximum absolute atomic E-state index is 9.66. The van der Waals surface area contributed by atoms with Crippen LogP contribution in [0.5, 0.6) is 0 Å². The van der Waals surface area contributed by atoms with Gasteiger partial charge in [-0.15, -0.1) is 0 Å². The van der Waals surface area contributed by atoms with Gasteiger partial charge in [0.05, 0.1) is 12.2 Å². The van der Waals surface area contributed by atoms with Crippen LogP contribution in [0.25, 0.3) is 0 Å². The minimum atomic E-state index is -0.0872. The molecule has 3 heteroatoms. The van der Waals surface area contributed by atoms with Crippen molar-refractivity contribution < 1.29 is 9.84 Å². The second-order valence-corrected chi connectivity index (χ2v) is 5.35. The van der Waals surface area contributed by atoms with Crippen LogP contribution < -0.4 is 5.32 Å². The molecule has 0 spiro atoms. The maximum atomic E-state index is 9.66. The Hall–Kier alpha value is -0.120. The molecule has 0 aromatic heterocycles. The van der Waals surface area contributed by atoms with Crippen LogP contribution in [0.1, 0.15) is 51.4 Å². The van der Waals surface area contributed by atoms with E-state index in [-0.39, 0.29) is 6.10 Å². The Balaban J connectivity index is 1.82. The van der Waals surface area contributed by atoms with Gasteiger partial charge in [0.2, 0.25) is 0 Å². The number of hydrogen-bond acceptors (Lipinski definition) is 3. The predicted molar refractivity (Wildman–Crippen MR) is 64.5 cm³/mol. The lowest BCUT2D eigenvalue weighted by molar-refractivity contribution is 0.0293. The fourth-order valence-electron chi connectivity index (χ4n) is 3.19. The SMILES string of the molecule is COC1CCCCC1NC1CCCC(O)C1. The average molecular weight is 227 g/mol. The summed E-state index contributed by atoms with van der Waals surface area (Å²) in [6.07, 6.45) is 9.59. The van der Waals surface area contributed by atoms with Crippen LogP contribution >= 0.6 is 0 Å². The molecule has 2 fully saturated rings. The highest BCUT2D eigenvalue weighted by Gasteiger charge is 2.28. The third kappa shape index (κ3) is 3.19. The lowest BCUT2D eigenvalue weighted by Crippen LogP contribution is -2.49. The smallest absolute Gasteiger partial charge is 0.0724 e. The van der Waals surface area contributed by atoms with E-state index >= 15 is 0 Å². The molecule has 0 aromatic carbocycles. The largest absolute Gasteiger partial charge is 0.393 e. The molecule has 0 bridgehead atoms. The molecule has 4 unspecified atom stereocenters. The zero-order valence-electron chi connectivity index (χ0n) is 10.3. The molecule has 0 amide bonds. The Morgan fingerprint density at radius 3 is 2.62 bits per heavy atom. The lowest BCUT2D eigenvalue weighted by Gasteiger charge is -2.36. The van der Waals surface area contributed by atoms with Crippen LogP contribution in [-0.2, 0) is 4.74 Å². The molecule has 2 aliphatic rings. The number of aliphatic hydroxyl groups excluding tert-OH is 1. The lowest BCUT2D eigenvalue weighted by atomic mass is 9.88. The zero-order chi connectivity index (χ0) is 11.4. The van der Waals surface area contributed by atoms with Gasteiger partial charge in [0.15, 0.2) is 0 Å². The molecule has 3 nitrogen and oxygen atoms in total. The van der Waals surface area contributed by atoms with Gasteiger partial charge in [-0.05, 0) is 38.5 Å². The van der Waals surface area contributed by atoms with Crippen molar-refractivity contribution in [3.05, 3.63) is 0 Å². The van der Waals surface area contributed by atoms with Gasteiger partial charge in [0, 0.05) is 19.2 Å². The molecule has 2 saturated carbocycles. The third-order valence-corrected chi connectivity index (χ3v) is 4.10. The summed E-state index contributed by atoms with van der Waals surface area (Å²) in [5, 5.41) is 13.4. The van der Waals surface area contributed by atoms with Gasteiger partial charge < -0.3 is 15.2 Å². The Morgan fingerprint density at radius 1 is 1.06 bits per heavy atom. The molecule has 4 atom stereocenters. The second kappa shape index (κ2) is 5.99. The van der Waals surface area contributed by atoms with E-state index < -0.39 is 0 Å². The predicted octanol–water partition coefficient (Wildman–Crippen LogP) is 1.84. The number of hydrogen-bond donors (Lipinski definition) is 2. The third-order valence-electron chi connectivity index (χ3n) is 4.10. The molecule has 0 radical (unpaired) electrons. The number of rotatable bonds is 3. The van der Waals surface area contributed by atoms with Crippen molar-refractivity contribution in [3.63, 3.8) is 0 Å². The van der Waals surface area contributed by atoms with Gasteiger partial charge in [-0.3, -0.25) is 0 Å². The molecule has 0 heterocycles. The van der Waals surface area contributed by atoms with E-state index in [1.807, 2.05) is 7.11 Å². The van der Waals surface area contributed by atoms with Gasteiger partial charge in [-0.25, -0.2) is 0 Å². The molecule has 0 saturated heterocycles. The van der Waals surface area contributed by atoms with E-state index in [1.165, 1.54) is 32.1 Å². The summed E-state index contributed by atoms with van der Waals surface area (Å²) in [7, 11) is 1.82. The van der Waals surface area contributed by atoms with Crippen molar-refractivity contribution >= 4 is 0 Å². The van der Waals surface area contributed by atoms with Gasteiger partial charge in [0.1, 0.15) is 0 Å². The van der Waals surface area contributed by atoms with Crippen LogP contribution in [0.15, 0.2) is 0 Å².